The molecule has 0 radical (unpaired) electrons. The molecule has 0 aromatic heterocycles. The van der Waals surface area contributed by atoms with Crippen molar-refractivity contribution in [1.82, 2.24) is 15.1 Å². The quantitative estimate of drug-likeness (QED) is 0.875. The van der Waals surface area contributed by atoms with Gasteiger partial charge in [-0.1, -0.05) is 17.7 Å². The highest BCUT2D eigenvalue weighted by Crippen LogP contribution is 2.23. The van der Waals surface area contributed by atoms with E-state index in [0.717, 1.165) is 5.69 Å². The summed E-state index contributed by atoms with van der Waals surface area (Å²) in [6.07, 6.45) is 0. The highest BCUT2D eigenvalue weighted by molar-refractivity contribution is 6.30. The van der Waals surface area contributed by atoms with Gasteiger partial charge < -0.3 is 15.1 Å². The number of nitrogens with one attached hydrogen (secondary N) is 1. The summed E-state index contributed by atoms with van der Waals surface area (Å²) in [4.78, 5) is 40.6. The van der Waals surface area contributed by atoms with E-state index in [2.05, 4.69) is 5.32 Å². The summed E-state index contributed by atoms with van der Waals surface area (Å²) < 4.78 is 0. The second-order valence-electron chi connectivity index (χ2n) is 5.50. The third kappa shape index (κ3) is 3.39. The summed E-state index contributed by atoms with van der Waals surface area (Å²) in [7, 11) is 0. The zero-order valence-corrected chi connectivity index (χ0v) is 13.3. The molecule has 2 fully saturated rings. The highest BCUT2D eigenvalue weighted by atomic mass is 35.5. The summed E-state index contributed by atoms with van der Waals surface area (Å²) in [5, 5.41) is 3.23. The predicted molar refractivity (Wildman–Crippen MR) is 85.4 cm³/mol. The highest BCUT2D eigenvalue weighted by Gasteiger charge is 2.32. The van der Waals surface area contributed by atoms with Crippen LogP contribution in [-0.4, -0.2) is 66.9 Å². The molecule has 0 spiro atoms. The SMILES string of the molecule is O=C1CN(C(=O)CN2CCN(c3cccc(Cl)c3)C2=O)CCN1. The summed E-state index contributed by atoms with van der Waals surface area (Å²) in [5.74, 6) is -0.376. The fourth-order valence-electron chi connectivity index (χ4n) is 2.73. The number of halogens is 1. The van der Waals surface area contributed by atoms with Crippen molar-refractivity contribution in [3.63, 3.8) is 0 Å². The number of piperazine rings is 1. The van der Waals surface area contributed by atoms with Gasteiger partial charge in [-0.15, -0.1) is 0 Å². The standard InChI is InChI=1S/C15H17ClN4O3/c16-11-2-1-3-12(8-11)20-7-6-19(15(20)23)10-14(22)18-5-4-17-13(21)9-18/h1-3,8H,4-7,9-10H2,(H,17,21). The first-order valence-electron chi connectivity index (χ1n) is 7.41. The Morgan fingerprint density at radius 3 is 2.78 bits per heavy atom. The predicted octanol–water partition coefficient (Wildman–Crippen LogP) is 0.540. The third-order valence-corrected chi connectivity index (χ3v) is 4.17. The molecule has 1 aromatic carbocycles. The maximum atomic E-state index is 12.5. The third-order valence-electron chi connectivity index (χ3n) is 3.93. The van der Waals surface area contributed by atoms with Crippen molar-refractivity contribution in [2.24, 2.45) is 0 Å². The summed E-state index contributed by atoms with van der Waals surface area (Å²) >= 11 is 5.96. The van der Waals surface area contributed by atoms with Gasteiger partial charge in [-0.25, -0.2) is 4.79 Å². The minimum absolute atomic E-state index is 0.0107. The Morgan fingerprint density at radius 2 is 2.04 bits per heavy atom. The van der Waals surface area contributed by atoms with Crippen molar-refractivity contribution in [2.75, 3.05) is 44.2 Å². The average molecular weight is 337 g/mol. The fourth-order valence-corrected chi connectivity index (χ4v) is 2.91. The van der Waals surface area contributed by atoms with Crippen LogP contribution in [0.25, 0.3) is 0 Å². The lowest BCUT2D eigenvalue weighted by molar-refractivity contribution is -0.138. The molecule has 0 atom stereocenters. The molecule has 122 valence electrons. The van der Waals surface area contributed by atoms with Gasteiger partial charge in [0.25, 0.3) is 0 Å². The monoisotopic (exact) mass is 336 g/mol. The number of rotatable bonds is 3. The van der Waals surface area contributed by atoms with Crippen molar-refractivity contribution in [2.45, 2.75) is 0 Å². The van der Waals surface area contributed by atoms with Crippen LogP contribution < -0.4 is 10.2 Å². The molecule has 3 rings (SSSR count). The number of nitrogens with zero attached hydrogens (tertiary/aromatic N) is 3. The van der Waals surface area contributed by atoms with E-state index in [1.807, 2.05) is 6.07 Å². The lowest BCUT2D eigenvalue weighted by Gasteiger charge is -2.28. The molecule has 2 aliphatic rings. The van der Waals surface area contributed by atoms with Gasteiger partial charge in [-0.3, -0.25) is 14.5 Å². The van der Waals surface area contributed by atoms with Crippen LogP contribution in [0.15, 0.2) is 24.3 Å². The van der Waals surface area contributed by atoms with E-state index in [-0.39, 0.29) is 30.9 Å². The molecule has 2 aliphatic heterocycles. The minimum atomic E-state index is -0.220. The van der Waals surface area contributed by atoms with Crippen molar-refractivity contribution in [1.29, 1.82) is 0 Å². The molecule has 23 heavy (non-hydrogen) atoms. The first-order valence-corrected chi connectivity index (χ1v) is 7.79. The smallest absolute Gasteiger partial charge is 0.325 e. The Labute approximate surface area is 138 Å². The van der Waals surface area contributed by atoms with Crippen LogP contribution in [0.4, 0.5) is 10.5 Å². The van der Waals surface area contributed by atoms with Crippen LogP contribution >= 0.6 is 11.6 Å². The first kappa shape index (κ1) is 15.6. The zero-order chi connectivity index (χ0) is 16.4. The van der Waals surface area contributed by atoms with E-state index < -0.39 is 0 Å². The molecule has 2 saturated heterocycles. The Morgan fingerprint density at radius 1 is 1.22 bits per heavy atom. The normalized spacial score (nSPS) is 18.4. The molecule has 0 saturated carbocycles. The Kier molecular flexibility index (Phi) is 4.38. The number of carbonyl (C=O) groups is 3. The lowest BCUT2D eigenvalue weighted by atomic mass is 10.3. The molecular weight excluding hydrogens is 320 g/mol. The molecule has 0 aliphatic carbocycles. The van der Waals surface area contributed by atoms with Gasteiger partial charge in [-0.05, 0) is 18.2 Å². The van der Waals surface area contributed by atoms with Crippen LogP contribution in [0.2, 0.25) is 5.02 Å². The minimum Gasteiger partial charge on any atom is -0.353 e. The molecule has 0 unspecified atom stereocenters. The maximum Gasteiger partial charge on any atom is 0.325 e. The lowest BCUT2D eigenvalue weighted by Crippen LogP contribution is -2.52. The van der Waals surface area contributed by atoms with E-state index in [1.54, 1.807) is 23.1 Å². The topological polar surface area (TPSA) is 73.0 Å². The molecule has 1 N–H and O–H groups in total. The van der Waals surface area contributed by atoms with Crippen LogP contribution in [-0.2, 0) is 9.59 Å². The zero-order valence-electron chi connectivity index (χ0n) is 12.5. The number of amides is 4. The Balaban J connectivity index is 1.63. The van der Waals surface area contributed by atoms with Gasteiger partial charge in [0.15, 0.2) is 0 Å². The van der Waals surface area contributed by atoms with E-state index in [0.29, 0.717) is 31.2 Å². The second kappa shape index (κ2) is 6.45. The number of benzene rings is 1. The van der Waals surface area contributed by atoms with Crippen molar-refractivity contribution >= 4 is 35.1 Å². The second-order valence-corrected chi connectivity index (χ2v) is 5.94. The largest absolute Gasteiger partial charge is 0.353 e. The average Bonchev–Trinajstić information content (AvgIpc) is 2.88. The van der Waals surface area contributed by atoms with E-state index in [4.69, 9.17) is 11.6 Å². The summed E-state index contributed by atoms with van der Waals surface area (Å²) in [5.41, 5.74) is 0.717. The molecule has 0 bridgehead atoms. The molecule has 2 heterocycles. The van der Waals surface area contributed by atoms with Gasteiger partial charge >= 0.3 is 6.03 Å². The Bertz CT molecular complexity index is 651. The first-order chi connectivity index (χ1) is 11.0. The fraction of sp³-hybridized carbons (Fsp3) is 0.400. The molecular formula is C15H17ClN4O3. The van der Waals surface area contributed by atoms with E-state index in [9.17, 15) is 14.4 Å². The van der Waals surface area contributed by atoms with Gasteiger partial charge in [-0.2, -0.15) is 0 Å². The number of hydrogen-bond donors (Lipinski definition) is 1. The van der Waals surface area contributed by atoms with Crippen LogP contribution in [0, 0.1) is 0 Å². The Hall–Kier alpha value is -2.28. The van der Waals surface area contributed by atoms with E-state index in [1.165, 1.54) is 9.80 Å². The van der Waals surface area contributed by atoms with Crippen molar-refractivity contribution in [3.05, 3.63) is 29.3 Å². The van der Waals surface area contributed by atoms with Crippen LogP contribution in [0.5, 0.6) is 0 Å². The molecule has 7 nitrogen and oxygen atoms in total. The van der Waals surface area contributed by atoms with Gasteiger partial charge in [0, 0.05) is 36.9 Å². The number of urea groups is 1. The molecule has 1 aromatic rings. The van der Waals surface area contributed by atoms with Crippen LogP contribution in [0.3, 0.4) is 0 Å². The number of carbonyl (C=O) groups excluding carboxylic acids is 3. The van der Waals surface area contributed by atoms with Gasteiger partial charge in [0.1, 0.15) is 6.54 Å². The number of hydrogen-bond acceptors (Lipinski definition) is 3. The van der Waals surface area contributed by atoms with Gasteiger partial charge in [0.05, 0.1) is 6.54 Å². The van der Waals surface area contributed by atoms with Crippen molar-refractivity contribution < 1.29 is 14.4 Å². The maximum absolute atomic E-state index is 12.5. The van der Waals surface area contributed by atoms with Crippen LogP contribution in [0.1, 0.15) is 0 Å². The van der Waals surface area contributed by atoms with Crippen molar-refractivity contribution in [3.8, 4) is 0 Å². The van der Waals surface area contributed by atoms with E-state index >= 15 is 0 Å². The summed E-state index contributed by atoms with van der Waals surface area (Å²) in [6.45, 7) is 1.95. The summed E-state index contributed by atoms with van der Waals surface area (Å²) in [6, 6.07) is 6.84. The molecule has 4 amide bonds. The number of anilines is 1. The molecule has 8 heteroatoms. The van der Waals surface area contributed by atoms with Gasteiger partial charge in [0.2, 0.25) is 11.8 Å².